The Kier molecular flexibility index (Phi) is 6.28. The van der Waals surface area contributed by atoms with Gasteiger partial charge in [0, 0.05) is 26.2 Å². The number of nitrogens with two attached hydrogens (primary N) is 1. The molecule has 4 rings (SSSR count). The van der Waals surface area contributed by atoms with Crippen LogP contribution in [0.15, 0.2) is 24.3 Å². The van der Waals surface area contributed by atoms with Gasteiger partial charge in [-0.15, -0.1) is 0 Å². The normalized spacial score (nSPS) is 19.6. The highest BCUT2D eigenvalue weighted by atomic mass is 16.3. The Morgan fingerprint density at radius 3 is 2.48 bits per heavy atom. The van der Waals surface area contributed by atoms with E-state index in [0.29, 0.717) is 18.9 Å². The summed E-state index contributed by atoms with van der Waals surface area (Å²) in [4.78, 5) is 13.2. The molecule has 1 aromatic heterocycles. The summed E-state index contributed by atoms with van der Waals surface area (Å²) < 4.78 is 0. The number of nitrogen functional groups attached to an aromatic ring is 1. The van der Waals surface area contributed by atoms with Crippen molar-refractivity contribution >= 4 is 11.8 Å². The Labute approximate surface area is 172 Å². The zero-order valence-corrected chi connectivity index (χ0v) is 17.3. The Balaban J connectivity index is 1.42. The fraction of sp³-hybridized carbons (Fsp3) is 0.545. The van der Waals surface area contributed by atoms with Crippen LogP contribution >= 0.6 is 0 Å². The van der Waals surface area contributed by atoms with E-state index < -0.39 is 6.23 Å². The SMILES string of the molecule is CCCCNc1nc(N)nc2c1C(O)N(Cc1ccc(CN3CCCC3)cc1)C2. The minimum atomic E-state index is -0.723. The van der Waals surface area contributed by atoms with Crippen molar-refractivity contribution in [2.24, 2.45) is 0 Å². The molecule has 0 spiro atoms. The lowest BCUT2D eigenvalue weighted by Crippen LogP contribution is -2.22. The molecule has 1 atom stereocenters. The molecule has 0 bridgehead atoms. The average Bonchev–Trinajstić information content (AvgIpc) is 3.32. The number of aliphatic hydroxyl groups excluding tert-OH is 1. The van der Waals surface area contributed by atoms with Crippen LogP contribution in [0.3, 0.4) is 0 Å². The number of hydrogen-bond acceptors (Lipinski definition) is 7. The maximum Gasteiger partial charge on any atom is 0.222 e. The van der Waals surface area contributed by atoms with Crippen molar-refractivity contribution in [3.8, 4) is 0 Å². The average molecular weight is 397 g/mol. The van der Waals surface area contributed by atoms with E-state index in [2.05, 4.69) is 51.4 Å². The topological polar surface area (TPSA) is 90.5 Å². The van der Waals surface area contributed by atoms with Gasteiger partial charge in [-0.05, 0) is 43.5 Å². The summed E-state index contributed by atoms with van der Waals surface area (Å²) in [6, 6.07) is 8.75. The highest BCUT2D eigenvalue weighted by Gasteiger charge is 2.33. The Bertz CT molecular complexity index is 819. The Morgan fingerprint density at radius 1 is 1.10 bits per heavy atom. The van der Waals surface area contributed by atoms with Crippen molar-refractivity contribution in [2.75, 3.05) is 30.7 Å². The van der Waals surface area contributed by atoms with Gasteiger partial charge < -0.3 is 16.2 Å². The Morgan fingerprint density at radius 2 is 1.79 bits per heavy atom. The smallest absolute Gasteiger partial charge is 0.222 e. The van der Waals surface area contributed by atoms with E-state index in [1.807, 2.05) is 4.90 Å². The van der Waals surface area contributed by atoms with Gasteiger partial charge >= 0.3 is 0 Å². The van der Waals surface area contributed by atoms with E-state index in [-0.39, 0.29) is 5.95 Å². The number of hydrogen-bond donors (Lipinski definition) is 3. The zero-order chi connectivity index (χ0) is 20.2. The van der Waals surface area contributed by atoms with Crippen molar-refractivity contribution < 1.29 is 5.11 Å². The van der Waals surface area contributed by atoms with E-state index in [1.54, 1.807) is 0 Å². The van der Waals surface area contributed by atoms with Crippen LogP contribution in [0.5, 0.6) is 0 Å². The van der Waals surface area contributed by atoms with Gasteiger partial charge in [0.2, 0.25) is 5.95 Å². The predicted molar refractivity (Wildman–Crippen MR) is 115 cm³/mol. The number of nitrogens with one attached hydrogen (secondary N) is 1. The molecule has 2 aliphatic rings. The molecule has 2 aromatic rings. The maximum absolute atomic E-state index is 10.9. The number of anilines is 2. The second-order valence-electron chi connectivity index (χ2n) is 8.15. The molecule has 0 saturated carbocycles. The summed E-state index contributed by atoms with van der Waals surface area (Å²) in [6.45, 7) is 7.63. The van der Waals surface area contributed by atoms with Crippen molar-refractivity contribution in [3.05, 3.63) is 46.6 Å². The molecule has 29 heavy (non-hydrogen) atoms. The first-order valence-corrected chi connectivity index (χ1v) is 10.8. The lowest BCUT2D eigenvalue weighted by molar-refractivity contribution is 0.00785. The van der Waals surface area contributed by atoms with Crippen LogP contribution in [0.4, 0.5) is 11.8 Å². The zero-order valence-electron chi connectivity index (χ0n) is 17.3. The lowest BCUT2D eigenvalue weighted by atomic mass is 10.1. The summed E-state index contributed by atoms with van der Waals surface area (Å²) in [5, 5.41) is 14.3. The standard InChI is InChI=1S/C22H32N6O/c1-2-3-10-24-20-19-18(25-22(23)26-20)15-28(21(19)29)14-17-8-6-16(7-9-17)13-27-11-4-5-12-27/h6-9,21,29H,2-5,10-15H2,1H3,(H3,23,24,25,26). The van der Waals surface area contributed by atoms with Gasteiger partial charge in [0.15, 0.2) is 0 Å². The lowest BCUT2D eigenvalue weighted by Gasteiger charge is -2.21. The van der Waals surface area contributed by atoms with Crippen molar-refractivity contribution in [1.82, 2.24) is 19.8 Å². The molecule has 7 nitrogen and oxygen atoms in total. The minimum Gasteiger partial charge on any atom is -0.374 e. The van der Waals surface area contributed by atoms with Crippen LogP contribution in [0.2, 0.25) is 0 Å². The molecule has 0 aliphatic carbocycles. The summed E-state index contributed by atoms with van der Waals surface area (Å²) in [6.07, 6.45) is 4.04. The first kappa shape index (κ1) is 20.1. The quantitative estimate of drug-likeness (QED) is 0.591. The third-order valence-corrected chi connectivity index (χ3v) is 5.84. The first-order chi connectivity index (χ1) is 14.1. The van der Waals surface area contributed by atoms with Gasteiger partial charge in [-0.3, -0.25) is 9.80 Å². The van der Waals surface area contributed by atoms with Gasteiger partial charge in [0.05, 0.1) is 11.3 Å². The number of rotatable bonds is 8. The third-order valence-electron chi connectivity index (χ3n) is 5.84. The summed E-state index contributed by atoms with van der Waals surface area (Å²) in [5.41, 5.74) is 10.0. The molecule has 2 aliphatic heterocycles. The van der Waals surface area contributed by atoms with Gasteiger partial charge in [-0.25, -0.2) is 4.98 Å². The van der Waals surface area contributed by atoms with Crippen LogP contribution < -0.4 is 11.1 Å². The molecule has 1 aromatic carbocycles. The molecular formula is C22H32N6O. The molecular weight excluding hydrogens is 364 g/mol. The number of aliphatic hydroxyl groups is 1. The Hall–Kier alpha value is -2.22. The summed E-state index contributed by atoms with van der Waals surface area (Å²) >= 11 is 0. The summed E-state index contributed by atoms with van der Waals surface area (Å²) in [5.74, 6) is 0.917. The molecule has 0 radical (unpaired) electrons. The van der Waals surface area contributed by atoms with E-state index in [4.69, 9.17) is 5.73 Å². The van der Waals surface area contributed by atoms with E-state index in [1.165, 1.54) is 37.1 Å². The van der Waals surface area contributed by atoms with Crippen LogP contribution in [0, 0.1) is 0 Å². The number of unbranched alkanes of at least 4 members (excludes halogenated alkanes) is 1. The molecule has 4 N–H and O–H groups in total. The number of benzene rings is 1. The number of fused-ring (bicyclic) bond motifs is 1. The maximum atomic E-state index is 10.9. The monoisotopic (exact) mass is 396 g/mol. The number of nitrogens with zero attached hydrogens (tertiary/aromatic N) is 4. The van der Waals surface area contributed by atoms with Crippen molar-refractivity contribution in [1.29, 1.82) is 0 Å². The number of aromatic nitrogens is 2. The van der Waals surface area contributed by atoms with E-state index in [9.17, 15) is 5.11 Å². The van der Waals surface area contributed by atoms with E-state index >= 15 is 0 Å². The second kappa shape index (κ2) is 9.07. The second-order valence-corrected chi connectivity index (χ2v) is 8.15. The van der Waals surface area contributed by atoms with Crippen LogP contribution in [-0.2, 0) is 19.6 Å². The van der Waals surface area contributed by atoms with Crippen LogP contribution in [0.1, 0.15) is 61.2 Å². The van der Waals surface area contributed by atoms with Gasteiger partial charge in [0.25, 0.3) is 0 Å². The van der Waals surface area contributed by atoms with Crippen LogP contribution in [0.25, 0.3) is 0 Å². The van der Waals surface area contributed by atoms with Gasteiger partial charge in [-0.2, -0.15) is 4.98 Å². The fourth-order valence-corrected chi connectivity index (χ4v) is 4.23. The molecule has 1 fully saturated rings. The van der Waals surface area contributed by atoms with Gasteiger partial charge in [-0.1, -0.05) is 37.6 Å². The highest BCUT2D eigenvalue weighted by Crippen LogP contribution is 2.36. The molecule has 3 heterocycles. The van der Waals surface area contributed by atoms with Crippen molar-refractivity contribution in [2.45, 2.75) is 58.5 Å². The van der Waals surface area contributed by atoms with Crippen molar-refractivity contribution in [3.63, 3.8) is 0 Å². The van der Waals surface area contributed by atoms with E-state index in [0.717, 1.165) is 37.2 Å². The summed E-state index contributed by atoms with van der Waals surface area (Å²) in [7, 11) is 0. The minimum absolute atomic E-state index is 0.253. The first-order valence-electron chi connectivity index (χ1n) is 10.8. The molecule has 1 unspecified atom stereocenters. The third kappa shape index (κ3) is 4.69. The highest BCUT2D eigenvalue weighted by molar-refractivity contribution is 5.52. The largest absolute Gasteiger partial charge is 0.374 e. The predicted octanol–water partition coefficient (Wildman–Crippen LogP) is 2.87. The molecule has 0 amide bonds. The number of likely N-dealkylation sites (tertiary alicyclic amines) is 1. The molecule has 7 heteroatoms. The fourth-order valence-electron chi connectivity index (χ4n) is 4.23. The molecule has 156 valence electrons. The molecule has 1 saturated heterocycles. The van der Waals surface area contributed by atoms with Crippen LogP contribution in [-0.4, -0.2) is 44.5 Å². The van der Waals surface area contributed by atoms with Gasteiger partial charge in [0.1, 0.15) is 12.0 Å².